The molecule has 0 aliphatic heterocycles. The van der Waals surface area contributed by atoms with E-state index in [4.69, 9.17) is 5.11 Å². The van der Waals surface area contributed by atoms with Gasteiger partial charge in [0, 0.05) is 11.3 Å². The van der Waals surface area contributed by atoms with Crippen molar-refractivity contribution in [2.75, 3.05) is 5.32 Å². The van der Waals surface area contributed by atoms with E-state index in [1.807, 2.05) is 6.07 Å². The summed E-state index contributed by atoms with van der Waals surface area (Å²) in [4.78, 5) is 23.6. The molecule has 1 atom stereocenters. The van der Waals surface area contributed by atoms with E-state index in [2.05, 4.69) is 18.3 Å². The Balaban J connectivity index is 1.65. The zero-order chi connectivity index (χ0) is 18.3. The maximum Gasteiger partial charge on any atom is 0.335 e. The smallest absolute Gasteiger partial charge is 0.335 e. The number of aryl methyl sites for hydroxylation is 1. The molecule has 2 aliphatic carbocycles. The number of carboxylic acids is 1. The van der Waals surface area contributed by atoms with Gasteiger partial charge in [-0.2, -0.15) is 0 Å². The zero-order valence-corrected chi connectivity index (χ0v) is 15.0. The van der Waals surface area contributed by atoms with Crippen LogP contribution in [0.5, 0.6) is 0 Å². The van der Waals surface area contributed by atoms with Crippen molar-refractivity contribution in [2.45, 2.75) is 50.9 Å². The molecule has 0 fully saturated rings. The number of aromatic carboxylic acids is 1. The molecule has 26 heavy (non-hydrogen) atoms. The number of benzene rings is 2. The summed E-state index contributed by atoms with van der Waals surface area (Å²) < 4.78 is 0. The first-order chi connectivity index (χ1) is 12.5. The number of anilines is 1. The molecule has 0 bridgehead atoms. The Morgan fingerprint density at radius 1 is 0.962 bits per heavy atom. The fraction of sp³-hybridized carbons (Fsp3) is 0.364. The van der Waals surface area contributed by atoms with Crippen molar-refractivity contribution in [2.24, 2.45) is 0 Å². The van der Waals surface area contributed by atoms with Gasteiger partial charge >= 0.3 is 5.97 Å². The van der Waals surface area contributed by atoms with Crippen LogP contribution in [-0.4, -0.2) is 17.0 Å². The number of hydrogen-bond acceptors (Lipinski definition) is 2. The molecule has 2 aromatic carbocycles. The molecule has 1 unspecified atom stereocenters. The third kappa shape index (κ3) is 2.79. The maximum absolute atomic E-state index is 12.7. The van der Waals surface area contributed by atoms with Crippen molar-refractivity contribution >= 4 is 17.6 Å². The summed E-state index contributed by atoms with van der Waals surface area (Å²) in [6, 6.07) is 10.3. The van der Waals surface area contributed by atoms with Crippen LogP contribution in [0, 0.1) is 0 Å². The van der Waals surface area contributed by atoms with E-state index >= 15 is 0 Å². The summed E-state index contributed by atoms with van der Waals surface area (Å²) in [5.74, 6) is -1.18. The van der Waals surface area contributed by atoms with Gasteiger partial charge in [-0.15, -0.1) is 0 Å². The molecule has 0 spiro atoms. The summed E-state index contributed by atoms with van der Waals surface area (Å²) in [7, 11) is 0. The first-order valence-corrected chi connectivity index (χ1v) is 9.28. The Bertz CT molecular complexity index is 881. The van der Waals surface area contributed by atoms with Crippen LogP contribution in [0.25, 0.3) is 0 Å². The summed E-state index contributed by atoms with van der Waals surface area (Å²) in [5.41, 5.74) is 6.01. The largest absolute Gasteiger partial charge is 0.478 e. The molecule has 4 nitrogen and oxygen atoms in total. The molecule has 0 saturated heterocycles. The molecular weight excluding hydrogens is 326 g/mol. The quantitative estimate of drug-likeness (QED) is 0.853. The number of carboxylic acid groups (broad SMARTS) is 1. The molecular formula is C22H23NO3. The van der Waals surface area contributed by atoms with Crippen LogP contribution < -0.4 is 5.32 Å². The SMILES string of the molecule is CC12CCCc3ccc(NC(=O)c4ccc(C(=O)O)cc4)c(c31)CCC2. The maximum atomic E-state index is 12.7. The molecule has 2 aliphatic rings. The van der Waals surface area contributed by atoms with E-state index in [1.165, 1.54) is 48.1 Å². The minimum absolute atomic E-state index is 0.182. The number of carbonyl (C=O) groups is 2. The third-order valence-corrected chi connectivity index (χ3v) is 5.97. The number of carbonyl (C=O) groups excluding carboxylic acids is 1. The first-order valence-electron chi connectivity index (χ1n) is 9.28. The van der Waals surface area contributed by atoms with Gasteiger partial charge in [-0.1, -0.05) is 13.0 Å². The van der Waals surface area contributed by atoms with Gasteiger partial charge in [-0.05, 0) is 91.0 Å². The minimum Gasteiger partial charge on any atom is -0.478 e. The van der Waals surface area contributed by atoms with Crippen LogP contribution >= 0.6 is 0 Å². The van der Waals surface area contributed by atoms with Crippen LogP contribution in [0.2, 0.25) is 0 Å². The highest BCUT2D eigenvalue weighted by molar-refractivity contribution is 6.05. The van der Waals surface area contributed by atoms with Crippen molar-refractivity contribution in [1.82, 2.24) is 0 Å². The van der Waals surface area contributed by atoms with E-state index in [9.17, 15) is 9.59 Å². The van der Waals surface area contributed by atoms with E-state index in [0.717, 1.165) is 24.9 Å². The third-order valence-electron chi connectivity index (χ3n) is 5.97. The molecule has 1 amide bonds. The van der Waals surface area contributed by atoms with Gasteiger partial charge in [-0.25, -0.2) is 4.79 Å². The molecule has 4 rings (SSSR count). The Labute approximate surface area is 153 Å². The van der Waals surface area contributed by atoms with Gasteiger partial charge in [0.2, 0.25) is 0 Å². The molecule has 0 heterocycles. The molecule has 4 heteroatoms. The lowest BCUT2D eigenvalue weighted by Crippen LogP contribution is -2.33. The van der Waals surface area contributed by atoms with Crippen LogP contribution in [0.1, 0.15) is 70.0 Å². The molecule has 0 radical (unpaired) electrons. The van der Waals surface area contributed by atoms with Crippen LogP contribution in [0.3, 0.4) is 0 Å². The molecule has 134 valence electrons. The summed E-state index contributed by atoms with van der Waals surface area (Å²) >= 11 is 0. The summed E-state index contributed by atoms with van der Waals surface area (Å²) in [6.45, 7) is 2.36. The van der Waals surface area contributed by atoms with Crippen molar-refractivity contribution < 1.29 is 14.7 Å². The van der Waals surface area contributed by atoms with Gasteiger partial charge in [0.25, 0.3) is 5.91 Å². The van der Waals surface area contributed by atoms with Crippen molar-refractivity contribution in [3.8, 4) is 0 Å². The van der Waals surface area contributed by atoms with Crippen LogP contribution in [-0.2, 0) is 18.3 Å². The topological polar surface area (TPSA) is 66.4 Å². The van der Waals surface area contributed by atoms with E-state index in [0.29, 0.717) is 5.56 Å². The van der Waals surface area contributed by atoms with Crippen LogP contribution in [0.4, 0.5) is 5.69 Å². The van der Waals surface area contributed by atoms with Crippen LogP contribution in [0.15, 0.2) is 36.4 Å². The summed E-state index contributed by atoms with van der Waals surface area (Å²) in [6.07, 6.45) is 6.98. The standard InChI is InChI=1S/C22H23NO3/c1-22-12-2-4-14-10-11-18(17(19(14)22)5-3-13-22)23-20(24)15-6-8-16(9-7-15)21(25)26/h6-11H,2-5,12-13H2,1H3,(H,23,24)(H,25,26). The molecule has 0 aromatic heterocycles. The lowest BCUT2D eigenvalue weighted by molar-refractivity contribution is 0.0696. The second-order valence-electron chi connectivity index (χ2n) is 7.73. The Hall–Kier alpha value is -2.62. The highest BCUT2D eigenvalue weighted by atomic mass is 16.4. The highest BCUT2D eigenvalue weighted by Gasteiger charge is 2.37. The lowest BCUT2D eigenvalue weighted by Gasteiger charge is -2.42. The van der Waals surface area contributed by atoms with Gasteiger partial charge in [0.05, 0.1) is 5.56 Å². The highest BCUT2D eigenvalue weighted by Crippen LogP contribution is 2.47. The Morgan fingerprint density at radius 3 is 2.31 bits per heavy atom. The van der Waals surface area contributed by atoms with E-state index in [1.54, 1.807) is 12.1 Å². The van der Waals surface area contributed by atoms with Gasteiger partial charge in [0.1, 0.15) is 0 Å². The second kappa shape index (κ2) is 6.27. The Morgan fingerprint density at radius 2 is 1.62 bits per heavy atom. The average molecular weight is 349 g/mol. The summed E-state index contributed by atoms with van der Waals surface area (Å²) in [5, 5.41) is 12.0. The number of hydrogen-bond donors (Lipinski definition) is 2. The van der Waals surface area contributed by atoms with Gasteiger partial charge < -0.3 is 10.4 Å². The molecule has 0 saturated carbocycles. The van der Waals surface area contributed by atoms with Crippen molar-refractivity contribution in [1.29, 1.82) is 0 Å². The molecule has 2 N–H and O–H groups in total. The number of rotatable bonds is 3. The first kappa shape index (κ1) is 16.8. The fourth-order valence-electron chi connectivity index (χ4n) is 4.69. The molecule has 2 aromatic rings. The minimum atomic E-state index is -0.990. The number of amides is 1. The normalized spacial score (nSPS) is 21.0. The fourth-order valence-corrected chi connectivity index (χ4v) is 4.69. The average Bonchev–Trinajstić information content (AvgIpc) is 2.63. The predicted octanol–water partition coefficient (Wildman–Crippen LogP) is 4.57. The van der Waals surface area contributed by atoms with E-state index < -0.39 is 5.97 Å². The van der Waals surface area contributed by atoms with E-state index in [-0.39, 0.29) is 16.9 Å². The van der Waals surface area contributed by atoms with Crippen molar-refractivity contribution in [3.05, 3.63) is 64.2 Å². The number of nitrogens with one attached hydrogen (secondary N) is 1. The predicted molar refractivity (Wildman–Crippen MR) is 101 cm³/mol. The monoisotopic (exact) mass is 349 g/mol. The lowest BCUT2D eigenvalue weighted by atomic mass is 9.63. The second-order valence-corrected chi connectivity index (χ2v) is 7.73. The zero-order valence-electron chi connectivity index (χ0n) is 15.0. The van der Waals surface area contributed by atoms with Gasteiger partial charge in [-0.3, -0.25) is 4.79 Å². The Kier molecular flexibility index (Phi) is 4.06. The van der Waals surface area contributed by atoms with Crippen molar-refractivity contribution in [3.63, 3.8) is 0 Å². The van der Waals surface area contributed by atoms with Gasteiger partial charge in [0.15, 0.2) is 0 Å².